The number of para-hydroxylation sites is 1. The Labute approximate surface area is 190 Å². The summed E-state index contributed by atoms with van der Waals surface area (Å²) in [6, 6.07) is 19.3. The Morgan fingerprint density at radius 3 is 2.50 bits per heavy atom. The fourth-order valence-electron chi connectivity index (χ4n) is 3.39. The van der Waals surface area contributed by atoms with Gasteiger partial charge in [0.2, 0.25) is 6.17 Å². The van der Waals surface area contributed by atoms with Crippen LogP contribution in [0.3, 0.4) is 0 Å². The summed E-state index contributed by atoms with van der Waals surface area (Å²) < 4.78 is 10.5. The Balaban J connectivity index is 1.74. The first-order chi connectivity index (χ1) is 15.5. The molecule has 0 bridgehead atoms. The molecule has 1 unspecified atom stereocenters. The van der Waals surface area contributed by atoms with Gasteiger partial charge in [-0.3, -0.25) is 9.59 Å². The highest BCUT2D eigenvalue weighted by Crippen LogP contribution is 2.26. The molecule has 0 spiro atoms. The molecular formula is C24H20ClN3O4. The topological polar surface area (TPSA) is 89.0 Å². The molecule has 0 radical (unpaired) electrons. The summed E-state index contributed by atoms with van der Waals surface area (Å²) in [5.41, 5.74) is 2.88. The average molecular weight is 450 g/mol. The van der Waals surface area contributed by atoms with Crippen LogP contribution < -0.4 is 20.1 Å². The number of benzene rings is 3. The van der Waals surface area contributed by atoms with E-state index in [2.05, 4.69) is 15.6 Å². The number of hydrogen-bond acceptors (Lipinski definition) is 5. The van der Waals surface area contributed by atoms with Crippen molar-refractivity contribution in [1.29, 1.82) is 0 Å². The van der Waals surface area contributed by atoms with E-state index in [1.165, 1.54) is 14.2 Å². The number of aliphatic imine (C=N–C) groups is 1. The van der Waals surface area contributed by atoms with Crippen LogP contribution >= 0.6 is 11.6 Å². The third-order valence-electron chi connectivity index (χ3n) is 4.98. The number of amides is 2. The van der Waals surface area contributed by atoms with Crippen LogP contribution in [0.2, 0.25) is 5.02 Å². The molecule has 4 rings (SSSR count). The average Bonchev–Trinajstić information content (AvgIpc) is 2.95. The Bertz CT molecular complexity index is 1210. The van der Waals surface area contributed by atoms with Crippen molar-refractivity contribution < 1.29 is 19.1 Å². The summed E-state index contributed by atoms with van der Waals surface area (Å²) in [7, 11) is 2.96. The largest absolute Gasteiger partial charge is 0.497 e. The van der Waals surface area contributed by atoms with Crippen LogP contribution in [0.4, 0.5) is 5.69 Å². The zero-order valence-corrected chi connectivity index (χ0v) is 18.1. The van der Waals surface area contributed by atoms with Crippen molar-refractivity contribution in [3.8, 4) is 11.5 Å². The lowest BCUT2D eigenvalue weighted by molar-refractivity contribution is -0.117. The number of anilines is 1. The molecule has 1 aliphatic rings. The van der Waals surface area contributed by atoms with Crippen LogP contribution in [0.1, 0.15) is 21.5 Å². The van der Waals surface area contributed by atoms with E-state index in [0.717, 1.165) is 11.1 Å². The molecule has 162 valence electrons. The van der Waals surface area contributed by atoms with Crippen LogP contribution in [-0.4, -0.2) is 37.9 Å². The summed E-state index contributed by atoms with van der Waals surface area (Å²) >= 11 is 6.04. The number of methoxy groups -OCH3 is 2. The van der Waals surface area contributed by atoms with Crippen molar-refractivity contribution in [2.24, 2.45) is 4.99 Å². The second kappa shape index (κ2) is 9.11. The first-order valence-electron chi connectivity index (χ1n) is 9.77. The van der Waals surface area contributed by atoms with Crippen molar-refractivity contribution in [2.75, 3.05) is 19.5 Å². The van der Waals surface area contributed by atoms with Gasteiger partial charge < -0.3 is 20.1 Å². The Morgan fingerprint density at radius 2 is 1.78 bits per heavy atom. The van der Waals surface area contributed by atoms with Crippen molar-refractivity contribution in [1.82, 2.24) is 5.32 Å². The number of benzodiazepines with no additional fused rings is 1. The van der Waals surface area contributed by atoms with Gasteiger partial charge in [-0.2, -0.15) is 0 Å². The highest BCUT2D eigenvalue weighted by molar-refractivity contribution is 6.30. The van der Waals surface area contributed by atoms with Gasteiger partial charge in [0.25, 0.3) is 11.8 Å². The van der Waals surface area contributed by atoms with Crippen LogP contribution in [0.5, 0.6) is 11.5 Å². The highest BCUT2D eigenvalue weighted by Gasteiger charge is 2.28. The second-order valence-electron chi connectivity index (χ2n) is 6.96. The molecule has 1 atom stereocenters. The molecule has 3 aromatic carbocycles. The SMILES string of the molecule is COc1ccc(OC)c(C(=O)NC2N=C(c3ccc(Cl)cc3)c3ccccc3NC2=O)c1. The molecule has 2 amide bonds. The fraction of sp³-hybridized carbons (Fsp3) is 0.125. The monoisotopic (exact) mass is 449 g/mol. The Hall–Kier alpha value is -3.84. The normalized spacial score (nSPS) is 15.0. The number of ether oxygens (including phenoxy) is 2. The smallest absolute Gasteiger partial charge is 0.269 e. The number of halogens is 1. The third-order valence-corrected chi connectivity index (χ3v) is 5.24. The van der Waals surface area contributed by atoms with Crippen molar-refractivity contribution >= 4 is 34.8 Å². The lowest BCUT2D eigenvalue weighted by Gasteiger charge is -2.15. The van der Waals surface area contributed by atoms with Crippen LogP contribution in [0.25, 0.3) is 0 Å². The summed E-state index contributed by atoms with van der Waals surface area (Å²) in [6.45, 7) is 0. The molecule has 8 heteroatoms. The van der Waals surface area contributed by atoms with Gasteiger partial charge in [-0.1, -0.05) is 41.9 Å². The number of rotatable bonds is 5. The van der Waals surface area contributed by atoms with E-state index in [1.807, 2.05) is 30.3 Å². The predicted molar refractivity (Wildman–Crippen MR) is 123 cm³/mol. The molecule has 0 aromatic heterocycles. The molecule has 32 heavy (non-hydrogen) atoms. The Kier molecular flexibility index (Phi) is 6.09. The van der Waals surface area contributed by atoms with Gasteiger partial charge in [0.05, 0.1) is 31.2 Å². The standard InChI is InChI=1S/C24H20ClN3O4/c1-31-16-11-12-20(32-2)18(13-16)23(29)28-22-24(30)26-19-6-4-3-5-17(19)21(27-22)14-7-9-15(25)10-8-14/h3-13,22H,1-2H3,(H,26,30)(H,28,29). The van der Waals surface area contributed by atoms with E-state index in [1.54, 1.807) is 36.4 Å². The summed E-state index contributed by atoms with van der Waals surface area (Å²) in [5, 5.41) is 6.12. The van der Waals surface area contributed by atoms with Gasteiger partial charge in [-0.05, 0) is 36.4 Å². The summed E-state index contributed by atoms with van der Waals surface area (Å²) in [6.07, 6.45) is -1.17. The molecule has 1 heterocycles. The number of carbonyl (C=O) groups is 2. The minimum atomic E-state index is -1.17. The van der Waals surface area contributed by atoms with Crippen molar-refractivity contribution in [3.63, 3.8) is 0 Å². The van der Waals surface area contributed by atoms with E-state index in [4.69, 9.17) is 21.1 Å². The molecular weight excluding hydrogens is 430 g/mol. The first kappa shape index (κ1) is 21.4. The molecule has 0 saturated heterocycles. The summed E-state index contributed by atoms with van der Waals surface area (Å²) in [4.78, 5) is 30.6. The van der Waals surface area contributed by atoms with Gasteiger partial charge in [-0.25, -0.2) is 4.99 Å². The van der Waals surface area contributed by atoms with Crippen LogP contribution in [-0.2, 0) is 4.79 Å². The number of nitrogens with zero attached hydrogens (tertiary/aromatic N) is 1. The van der Waals surface area contributed by atoms with Gasteiger partial charge in [0.1, 0.15) is 11.5 Å². The lowest BCUT2D eigenvalue weighted by atomic mass is 10.0. The molecule has 3 aromatic rings. The third kappa shape index (κ3) is 4.29. The zero-order valence-electron chi connectivity index (χ0n) is 17.4. The maximum Gasteiger partial charge on any atom is 0.269 e. The Morgan fingerprint density at radius 1 is 1.03 bits per heavy atom. The van der Waals surface area contributed by atoms with E-state index < -0.39 is 18.0 Å². The van der Waals surface area contributed by atoms with E-state index in [0.29, 0.717) is 27.9 Å². The van der Waals surface area contributed by atoms with Crippen LogP contribution in [0.15, 0.2) is 71.7 Å². The number of nitrogens with one attached hydrogen (secondary N) is 2. The van der Waals surface area contributed by atoms with Crippen molar-refractivity contribution in [3.05, 3.63) is 88.4 Å². The van der Waals surface area contributed by atoms with Crippen LogP contribution in [0, 0.1) is 0 Å². The molecule has 0 saturated carbocycles. The number of hydrogen-bond donors (Lipinski definition) is 2. The van der Waals surface area contributed by atoms with E-state index >= 15 is 0 Å². The number of carbonyl (C=O) groups excluding carboxylic acids is 2. The van der Waals surface area contributed by atoms with E-state index in [9.17, 15) is 9.59 Å². The number of fused-ring (bicyclic) bond motifs is 1. The fourth-order valence-corrected chi connectivity index (χ4v) is 3.51. The van der Waals surface area contributed by atoms with E-state index in [-0.39, 0.29) is 5.56 Å². The molecule has 1 aliphatic heterocycles. The van der Waals surface area contributed by atoms with Crippen molar-refractivity contribution in [2.45, 2.75) is 6.17 Å². The first-order valence-corrected chi connectivity index (χ1v) is 10.1. The molecule has 0 aliphatic carbocycles. The minimum absolute atomic E-state index is 0.227. The minimum Gasteiger partial charge on any atom is -0.497 e. The predicted octanol–water partition coefficient (Wildman–Crippen LogP) is 3.90. The summed E-state index contributed by atoms with van der Waals surface area (Å²) in [5.74, 6) is -0.149. The maximum atomic E-state index is 13.1. The molecule has 0 fully saturated rings. The van der Waals surface area contributed by atoms with Gasteiger partial charge >= 0.3 is 0 Å². The molecule has 2 N–H and O–H groups in total. The van der Waals surface area contributed by atoms with Gasteiger partial charge in [0, 0.05) is 16.1 Å². The van der Waals surface area contributed by atoms with Gasteiger partial charge in [0.15, 0.2) is 0 Å². The maximum absolute atomic E-state index is 13.1. The highest BCUT2D eigenvalue weighted by atomic mass is 35.5. The second-order valence-corrected chi connectivity index (χ2v) is 7.40. The molecule has 7 nitrogen and oxygen atoms in total. The lowest BCUT2D eigenvalue weighted by Crippen LogP contribution is -2.42. The zero-order chi connectivity index (χ0) is 22.7. The quantitative estimate of drug-likeness (QED) is 0.618. The van der Waals surface area contributed by atoms with Gasteiger partial charge in [-0.15, -0.1) is 0 Å².